The number of aliphatic carboxylic acids is 1. The zero-order chi connectivity index (χ0) is 11.6. The Morgan fingerprint density at radius 2 is 2.12 bits per heavy atom. The number of carbonyl (C=O) groups is 1. The maximum Gasteiger partial charge on any atom is 0.310 e. The summed E-state index contributed by atoms with van der Waals surface area (Å²) in [5.74, 6) is -0.678. The molecule has 1 saturated heterocycles. The summed E-state index contributed by atoms with van der Waals surface area (Å²) in [5, 5.41) is 9.13. The van der Waals surface area contributed by atoms with Crippen LogP contribution in [0.3, 0.4) is 0 Å². The van der Waals surface area contributed by atoms with Crippen molar-refractivity contribution < 1.29 is 9.90 Å². The Balaban J connectivity index is 1.98. The van der Waals surface area contributed by atoms with Crippen molar-refractivity contribution in [2.24, 2.45) is 5.41 Å². The molecule has 0 radical (unpaired) electrons. The minimum Gasteiger partial charge on any atom is -0.481 e. The van der Waals surface area contributed by atoms with Crippen LogP contribution in [0.2, 0.25) is 0 Å². The van der Waals surface area contributed by atoms with Gasteiger partial charge in [0.05, 0.1) is 5.41 Å². The van der Waals surface area contributed by atoms with Gasteiger partial charge in [0.15, 0.2) is 0 Å². The van der Waals surface area contributed by atoms with Gasteiger partial charge in [0.1, 0.15) is 0 Å². The highest BCUT2D eigenvalue weighted by molar-refractivity contribution is 5.74. The second-order valence-corrected chi connectivity index (χ2v) is 4.81. The minimum atomic E-state index is -0.678. The lowest BCUT2D eigenvalue weighted by Gasteiger charge is -2.19. The Kier molecular flexibility index (Phi) is 2.97. The SMILES string of the molecule is CC1(C(=O)O)CCN(Cc2ccccc2)C1. The average Bonchev–Trinajstić information content (AvgIpc) is 2.63. The Morgan fingerprint density at radius 1 is 1.44 bits per heavy atom. The molecule has 1 N–H and O–H groups in total. The van der Waals surface area contributed by atoms with Crippen molar-refractivity contribution in [3.8, 4) is 0 Å². The smallest absolute Gasteiger partial charge is 0.310 e. The van der Waals surface area contributed by atoms with E-state index in [1.807, 2.05) is 25.1 Å². The normalized spacial score (nSPS) is 25.8. The Hall–Kier alpha value is -1.35. The van der Waals surface area contributed by atoms with E-state index in [4.69, 9.17) is 5.11 Å². The van der Waals surface area contributed by atoms with Crippen LogP contribution < -0.4 is 0 Å². The van der Waals surface area contributed by atoms with E-state index in [1.54, 1.807) is 0 Å². The fourth-order valence-corrected chi connectivity index (χ4v) is 2.21. The lowest BCUT2D eigenvalue weighted by atomic mass is 9.90. The summed E-state index contributed by atoms with van der Waals surface area (Å²) in [6, 6.07) is 10.2. The summed E-state index contributed by atoms with van der Waals surface area (Å²) in [7, 11) is 0. The van der Waals surface area contributed by atoms with Gasteiger partial charge in [0.2, 0.25) is 0 Å². The van der Waals surface area contributed by atoms with Gasteiger partial charge in [-0.05, 0) is 25.5 Å². The number of benzene rings is 1. The molecule has 3 nitrogen and oxygen atoms in total. The van der Waals surface area contributed by atoms with Gasteiger partial charge in [-0.25, -0.2) is 0 Å². The molecule has 1 aliphatic rings. The molecule has 1 atom stereocenters. The molecular weight excluding hydrogens is 202 g/mol. The van der Waals surface area contributed by atoms with E-state index in [2.05, 4.69) is 17.0 Å². The Labute approximate surface area is 95.7 Å². The van der Waals surface area contributed by atoms with Gasteiger partial charge in [0.25, 0.3) is 0 Å². The summed E-state index contributed by atoms with van der Waals surface area (Å²) in [6.45, 7) is 4.21. The highest BCUT2D eigenvalue weighted by Crippen LogP contribution is 2.30. The molecule has 86 valence electrons. The van der Waals surface area contributed by atoms with E-state index in [0.717, 1.165) is 19.5 Å². The van der Waals surface area contributed by atoms with Gasteiger partial charge in [-0.3, -0.25) is 9.69 Å². The number of carboxylic acid groups (broad SMARTS) is 1. The van der Waals surface area contributed by atoms with E-state index in [0.29, 0.717) is 6.54 Å². The summed E-state index contributed by atoms with van der Waals surface area (Å²) in [4.78, 5) is 13.3. The van der Waals surface area contributed by atoms with Gasteiger partial charge in [-0.2, -0.15) is 0 Å². The van der Waals surface area contributed by atoms with Gasteiger partial charge < -0.3 is 5.11 Å². The number of carboxylic acids is 1. The zero-order valence-corrected chi connectivity index (χ0v) is 9.52. The molecule has 1 fully saturated rings. The monoisotopic (exact) mass is 219 g/mol. The van der Waals surface area contributed by atoms with Crippen molar-refractivity contribution in [3.05, 3.63) is 35.9 Å². The second-order valence-electron chi connectivity index (χ2n) is 4.81. The molecule has 1 heterocycles. The van der Waals surface area contributed by atoms with E-state index in [9.17, 15) is 4.79 Å². The maximum absolute atomic E-state index is 11.1. The molecule has 0 spiro atoms. The van der Waals surface area contributed by atoms with Crippen molar-refractivity contribution >= 4 is 5.97 Å². The van der Waals surface area contributed by atoms with Gasteiger partial charge in [-0.1, -0.05) is 30.3 Å². The molecule has 1 unspecified atom stereocenters. The van der Waals surface area contributed by atoms with Crippen LogP contribution in [0.15, 0.2) is 30.3 Å². The number of rotatable bonds is 3. The third kappa shape index (κ3) is 2.25. The van der Waals surface area contributed by atoms with Crippen LogP contribution in [-0.2, 0) is 11.3 Å². The Morgan fingerprint density at radius 3 is 2.69 bits per heavy atom. The number of hydrogen-bond donors (Lipinski definition) is 1. The fourth-order valence-electron chi connectivity index (χ4n) is 2.21. The van der Waals surface area contributed by atoms with Crippen LogP contribution in [-0.4, -0.2) is 29.1 Å². The van der Waals surface area contributed by atoms with E-state index < -0.39 is 11.4 Å². The van der Waals surface area contributed by atoms with Crippen molar-refractivity contribution in [1.82, 2.24) is 4.90 Å². The standard InChI is InChI=1S/C13H17NO2/c1-13(12(15)16)7-8-14(10-13)9-11-5-3-2-4-6-11/h2-6H,7-10H2,1H3,(H,15,16). The van der Waals surface area contributed by atoms with E-state index in [-0.39, 0.29) is 0 Å². The first-order valence-corrected chi connectivity index (χ1v) is 5.60. The molecule has 0 amide bonds. The summed E-state index contributed by atoms with van der Waals surface area (Å²) in [6.07, 6.45) is 0.745. The van der Waals surface area contributed by atoms with E-state index in [1.165, 1.54) is 5.56 Å². The molecule has 0 aromatic heterocycles. The quantitative estimate of drug-likeness (QED) is 0.845. The molecular formula is C13H17NO2. The van der Waals surface area contributed by atoms with Gasteiger partial charge in [-0.15, -0.1) is 0 Å². The lowest BCUT2D eigenvalue weighted by molar-refractivity contribution is -0.147. The van der Waals surface area contributed by atoms with Crippen LogP contribution in [0.1, 0.15) is 18.9 Å². The van der Waals surface area contributed by atoms with Crippen LogP contribution in [0, 0.1) is 5.41 Å². The first kappa shape index (κ1) is 11.1. The third-order valence-corrected chi connectivity index (χ3v) is 3.32. The zero-order valence-electron chi connectivity index (χ0n) is 9.52. The lowest BCUT2D eigenvalue weighted by Crippen LogP contribution is -2.31. The molecule has 1 aromatic rings. The first-order chi connectivity index (χ1) is 7.60. The second kappa shape index (κ2) is 4.26. The van der Waals surface area contributed by atoms with E-state index >= 15 is 0 Å². The van der Waals surface area contributed by atoms with Crippen LogP contribution in [0.4, 0.5) is 0 Å². The third-order valence-electron chi connectivity index (χ3n) is 3.32. The highest BCUT2D eigenvalue weighted by Gasteiger charge is 2.40. The van der Waals surface area contributed by atoms with Crippen LogP contribution in [0.5, 0.6) is 0 Å². The maximum atomic E-state index is 11.1. The molecule has 16 heavy (non-hydrogen) atoms. The largest absolute Gasteiger partial charge is 0.481 e. The first-order valence-electron chi connectivity index (χ1n) is 5.60. The van der Waals surface area contributed by atoms with Crippen molar-refractivity contribution in [1.29, 1.82) is 0 Å². The molecule has 1 aliphatic heterocycles. The molecule has 0 saturated carbocycles. The number of likely N-dealkylation sites (tertiary alicyclic amines) is 1. The van der Waals surface area contributed by atoms with Crippen LogP contribution >= 0.6 is 0 Å². The molecule has 2 rings (SSSR count). The average molecular weight is 219 g/mol. The predicted octanol–water partition coefficient (Wildman–Crippen LogP) is 1.98. The fraction of sp³-hybridized carbons (Fsp3) is 0.462. The van der Waals surface area contributed by atoms with Crippen molar-refractivity contribution in [2.45, 2.75) is 19.9 Å². The highest BCUT2D eigenvalue weighted by atomic mass is 16.4. The van der Waals surface area contributed by atoms with Crippen LogP contribution in [0.25, 0.3) is 0 Å². The molecule has 1 aromatic carbocycles. The summed E-state index contributed by atoms with van der Waals surface area (Å²) in [5.41, 5.74) is 0.687. The predicted molar refractivity (Wildman–Crippen MR) is 62.1 cm³/mol. The number of hydrogen-bond acceptors (Lipinski definition) is 2. The van der Waals surface area contributed by atoms with Crippen molar-refractivity contribution in [3.63, 3.8) is 0 Å². The molecule has 3 heteroatoms. The van der Waals surface area contributed by atoms with Gasteiger partial charge >= 0.3 is 5.97 Å². The van der Waals surface area contributed by atoms with Gasteiger partial charge in [0, 0.05) is 13.1 Å². The number of nitrogens with zero attached hydrogens (tertiary/aromatic N) is 1. The molecule has 0 bridgehead atoms. The molecule has 0 aliphatic carbocycles. The summed E-state index contributed by atoms with van der Waals surface area (Å²) >= 11 is 0. The Bertz CT molecular complexity index is 377. The summed E-state index contributed by atoms with van der Waals surface area (Å²) < 4.78 is 0. The minimum absolute atomic E-state index is 0.561. The van der Waals surface area contributed by atoms with Crippen molar-refractivity contribution in [2.75, 3.05) is 13.1 Å². The topological polar surface area (TPSA) is 40.5 Å².